The Hall–Kier alpha value is -0.320. The van der Waals surface area contributed by atoms with Crippen LogP contribution in [0.2, 0.25) is 5.02 Å². The summed E-state index contributed by atoms with van der Waals surface area (Å²) in [6, 6.07) is 3.15. The lowest BCUT2D eigenvalue weighted by molar-refractivity contribution is 0.257. The third-order valence-corrected chi connectivity index (χ3v) is 4.00. The van der Waals surface area contributed by atoms with E-state index in [0.717, 1.165) is 22.9 Å². The second-order valence-electron chi connectivity index (χ2n) is 4.61. The molecule has 0 aliphatic heterocycles. The zero-order valence-electron chi connectivity index (χ0n) is 10.1. The molecule has 1 saturated carbocycles. The number of hydrogen-bond donors (Lipinski definition) is 1. The van der Waals surface area contributed by atoms with E-state index >= 15 is 0 Å². The number of rotatable bonds is 5. The number of hydrogen-bond acceptors (Lipinski definition) is 3. The fourth-order valence-corrected chi connectivity index (χ4v) is 2.55. The Morgan fingerprint density at radius 1 is 1.65 bits per heavy atom. The highest BCUT2D eigenvalue weighted by Gasteiger charge is 2.28. The van der Waals surface area contributed by atoms with Gasteiger partial charge in [-0.1, -0.05) is 11.6 Å². The Morgan fingerprint density at radius 2 is 2.35 bits per heavy atom. The summed E-state index contributed by atoms with van der Waals surface area (Å²) >= 11 is 9.30. The molecule has 0 bridgehead atoms. The minimum Gasteiger partial charge on any atom is -0.368 e. The van der Waals surface area contributed by atoms with E-state index in [1.807, 2.05) is 6.07 Å². The van der Waals surface area contributed by atoms with Crippen LogP contribution in [0, 0.1) is 0 Å². The van der Waals surface area contributed by atoms with Crippen LogP contribution in [0.3, 0.4) is 0 Å². The molecule has 0 spiro atoms. The second-order valence-corrected chi connectivity index (χ2v) is 5.90. The van der Waals surface area contributed by atoms with Gasteiger partial charge in [-0.3, -0.25) is 4.90 Å². The quantitative estimate of drug-likeness (QED) is 0.902. The van der Waals surface area contributed by atoms with E-state index in [0.29, 0.717) is 11.1 Å². The van der Waals surface area contributed by atoms with Crippen molar-refractivity contribution < 1.29 is 0 Å². The molecule has 1 aromatic rings. The van der Waals surface area contributed by atoms with Gasteiger partial charge >= 0.3 is 0 Å². The molecule has 3 nitrogen and oxygen atoms in total. The molecule has 2 rings (SSSR count). The van der Waals surface area contributed by atoms with Gasteiger partial charge in [-0.25, -0.2) is 4.98 Å². The molecule has 1 aromatic heterocycles. The van der Waals surface area contributed by atoms with Gasteiger partial charge in [-0.15, -0.1) is 0 Å². The van der Waals surface area contributed by atoms with Crippen LogP contribution in [0.4, 0.5) is 5.82 Å². The summed E-state index contributed by atoms with van der Waals surface area (Å²) in [5.74, 6) is 0.852. The number of aromatic nitrogens is 1. The van der Waals surface area contributed by atoms with Crippen LogP contribution in [0.25, 0.3) is 0 Å². The summed E-state index contributed by atoms with van der Waals surface area (Å²) < 4.78 is 0.909. The zero-order valence-corrected chi connectivity index (χ0v) is 12.4. The van der Waals surface area contributed by atoms with Crippen molar-refractivity contribution in [2.24, 2.45) is 0 Å². The van der Waals surface area contributed by atoms with Gasteiger partial charge in [0.2, 0.25) is 0 Å². The smallest absolute Gasteiger partial charge is 0.140 e. The van der Waals surface area contributed by atoms with E-state index in [1.165, 1.54) is 12.8 Å². The summed E-state index contributed by atoms with van der Waals surface area (Å²) in [5, 5.41) is 3.99. The molecule has 0 amide bonds. The average molecular weight is 319 g/mol. The van der Waals surface area contributed by atoms with Gasteiger partial charge in [-0.05, 0) is 48.8 Å². The van der Waals surface area contributed by atoms with Crippen LogP contribution in [0.5, 0.6) is 0 Å². The number of pyridine rings is 1. The molecule has 1 unspecified atom stereocenters. The Morgan fingerprint density at radius 3 is 2.94 bits per heavy atom. The minimum atomic E-state index is 0.506. The second kappa shape index (κ2) is 5.55. The molecule has 0 aromatic carbocycles. The molecule has 1 aliphatic carbocycles. The van der Waals surface area contributed by atoms with Gasteiger partial charge < -0.3 is 5.32 Å². The van der Waals surface area contributed by atoms with Gasteiger partial charge in [0.15, 0.2) is 0 Å². The van der Waals surface area contributed by atoms with Crippen molar-refractivity contribution >= 4 is 33.3 Å². The molecule has 94 valence electrons. The number of likely N-dealkylation sites (N-methyl/N-ethyl adjacent to an activating group) is 1. The highest BCUT2D eigenvalue weighted by atomic mass is 79.9. The maximum absolute atomic E-state index is 5.85. The van der Waals surface area contributed by atoms with Crippen LogP contribution >= 0.6 is 27.5 Å². The first-order chi connectivity index (χ1) is 8.08. The molecule has 1 heterocycles. The van der Waals surface area contributed by atoms with E-state index in [-0.39, 0.29) is 0 Å². The summed E-state index contributed by atoms with van der Waals surface area (Å²) in [6.07, 6.45) is 4.33. The van der Waals surface area contributed by atoms with Crippen molar-refractivity contribution in [3.05, 3.63) is 21.8 Å². The number of nitrogens with one attached hydrogen (secondary N) is 1. The van der Waals surface area contributed by atoms with Gasteiger partial charge in [0.25, 0.3) is 0 Å². The number of nitrogens with zero attached hydrogens (tertiary/aromatic N) is 2. The third kappa shape index (κ3) is 3.57. The zero-order chi connectivity index (χ0) is 12.4. The highest BCUT2D eigenvalue weighted by molar-refractivity contribution is 9.10. The van der Waals surface area contributed by atoms with E-state index in [4.69, 9.17) is 11.6 Å². The van der Waals surface area contributed by atoms with Crippen molar-refractivity contribution in [2.45, 2.75) is 31.8 Å². The molecule has 1 atom stereocenters. The topological polar surface area (TPSA) is 28.2 Å². The lowest BCUT2D eigenvalue weighted by Crippen LogP contribution is -2.36. The van der Waals surface area contributed by atoms with Crippen molar-refractivity contribution in [3.8, 4) is 0 Å². The molecule has 1 aliphatic rings. The molecule has 1 fully saturated rings. The van der Waals surface area contributed by atoms with Crippen LogP contribution in [0.1, 0.15) is 19.8 Å². The molecule has 17 heavy (non-hydrogen) atoms. The predicted octanol–water partition coefficient (Wildman–Crippen LogP) is 3.39. The average Bonchev–Trinajstić information content (AvgIpc) is 3.10. The number of anilines is 1. The van der Waals surface area contributed by atoms with Crippen molar-refractivity contribution in [3.63, 3.8) is 0 Å². The first-order valence-corrected chi connectivity index (χ1v) is 7.02. The van der Waals surface area contributed by atoms with E-state index in [1.54, 1.807) is 6.20 Å². The molecule has 0 radical (unpaired) electrons. The van der Waals surface area contributed by atoms with Gasteiger partial charge in [-0.2, -0.15) is 0 Å². The van der Waals surface area contributed by atoms with E-state index in [9.17, 15) is 0 Å². The lowest BCUT2D eigenvalue weighted by atomic mass is 10.3. The molecule has 0 saturated heterocycles. The predicted molar refractivity (Wildman–Crippen MR) is 75.7 cm³/mol. The summed E-state index contributed by atoms with van der Waals surface area (Å²) in [4.78, 5) is 6.69. The lowest BCUT2D eigenvalue weighted by Gasteiger charge is -2.25. The normalized spacial score (nSPS) is 17.2. The Labute approximate surface area is 116 Å². The first-order valence-electron chi connectivity index (χ1n) is 5.85. The molecular weight excluding hydrogens is 302 g/mol. The van der Waals surface area contributed by atoms with Gasteiger partial charge in [0, 0.05) is 24.8 Å². The third-order valence-electron chi connectivity index (χ3n) is 3.19. The van der Waals surface area contributed by atoms with Crippen LogP contribution in [0.15, 0.2) is 16.7 Å². The Kier molecular flexibility index (Phi) is 4.28. The van der Waals surface area contributed by atoms with Crippen molar-refractivity contribution in [1.29, 1.82) is 0 Å². The highest BCUT2D eigenvalue weighted by Crippen LogP contribution is 2.27. The van der Waals surface area contributed by atoms with Crippen LogP contribution in [-0.2, 0) is 0 Å². The summed E-state index contributed by atoms with van der Waals surface area (Å²) in [6.45, 7) is 3.12. The summed E-state index contributed by atoms with van der Waals surface area (Å²) in [7, 11) is 2.19. The SMILES string of the molecule is CC(CNc1ncc(Cl)cc1Br)N(C)C1CC1. The van der Waals surface area contributed by atoms with Crippen LogP contribution in [-0.4, -0.2) is 35.6 Å². The van der Waals surface area contributed by atoms with Crippen molar-refractivity contribution in [1.82, 2.24) is 9.88 Å². The maximum Gasteiger partial charge on any atom is 0.140 e. The molecule has 1 N–H and O–H groups in total. The maximum atomic E-state index is 5.85. The first kappa shape index (κ1) is 13.1. The van der Waals surface area contributed by atoms with E-state index < -0.39 is 0 Å². The van der Waals surface area contributed by atoms with E-state index in [2.05, 4.69) is 45.1 Å². The largest absolute Gasteiger partial charge is 0.368 e. The monoisotopic (exact) mass is 317 g/mol. The fourth-order valence-electron chi connectivity index (χ4n) is 1.77. The van der Waals surface area contributed by atoms with Gasteiger partial charge in [0.05, 0.1) is 9.50 Å². The fraction of sp³-hybridized carbons (Fsp3) is 0.583. The van der Waals surface area contributed by atoms with Crippen molar-refractivity contribution in [2.75, 3.05) is 18.9 Å². The summed E-state index contributed by atoms with van der Waals surface area (Å²) in [5.41, 5.74) is 0. The Bertz CT molecular complexity index is 395. The number of halogens is 2. The van der Waals surface area contributed by atoms with Crippen LogP contribution < -0.4 is 5.32 Å². The van der Waals surface area contributed by atoms with Gasteiger partial charge in [0.1, 0.15) is 5.82 Å². The minimum absolute atomic E-state index is 0.506. The molecule has 5 heteroatoms. The standard InChI is InChI=1S/C12H17BrClN3/c1-8(17(2)10-3-4-10)6-15-12-11(13)5-9(14)7-16-12/h5,7-8,10H,3-4,6H2,1-2H3,(H,15,16). The molecular formula is C12H17BrClN3. The Balaban J connectivity index is 1.88.